The highest BCUT2D eigenvalue weighted by atomic mass is 79.9. The van der Waals surface area contributed by atoms with Gasteiger partial charge in [-0.15, -0.1) is 0 Å². The van der Waals surface area contributed by atoms with Gasteiger partial charge < -0.3 is 15.4 Å². The van der Waals surface area contributed by atoms with E-state index < -0.39 is 0 Å². The maximum atomic E-state index is 11.6. The number of H-pyrrole nitrogens is 1. The van der Waals surface area contributed by atoms with Crippen LogP contribution in [0.3, 0.4) is 0 Å². The van der Waals surface area contributed by atoms with E-state index in [1.807, 2.05) is 24.3 Å². The molecule has 0 radical (unpaired) electrons. The standard InChI is InChI=1S/C12H12BrN3O2/c1-7-15-11(17)10(12(18)16-7)14-6-8-2-4-9(13)5-3-8/h2-5,14H,6H2,1H3,(H2,15,16,17,18). The van der Waals surface area contributed by atoms with Crippen LogP contribution in [-0.4, -0.2) is 15.1 Å². The summed E-state index contributed by atoms with van der Waals surface area (Å²) in [6, 6.07) is 7.66. The molecule has 2 aromatic rings. The van der Waals surface area contributed by atoms with Crippen LogP contribution in [0.25, 0.3) is 0 Å². The van der Waals surface area contributed by atoms with Crippen LogP contribution in [0, 0.1) is 6.92 Å². The number of benzene rings is 1. The van der Waals surface area contributed by atoms with E-state index >= 15 is 0 Å². The second kappa shape index (κ2) is 5.22. The molecule has 0 fully saturated rings. The Bertz CT molecular complexity index is 608. The molecule has 5 nitrogen and oxygen atoms in total. The van der Waals surface area contributed by atoms with Crippen molar-refractivity contribution in [3.05, 3.63) is 50.5 Å². The fourth-order valence-electron chi connectivity index (χ4n) is 1.52. The Kier molecular flexibility index (Phi) is 3.66. The van der Waals surface area contributed by atoms with Crippen LogP contribution in [0.2, 0.25) is 0 Å². The average Bonchev–Trinajstić information content (AvgIpc) is 2.30. The summed E-state index contributed by atoms with van der Waals surface area (Å²) in [5, 5.41) is 12.5. The van der Waals surface area contributed by atoms with E-state index in [2.05, 4.69) is 31.2 Å². The van der Waals surface area contributed by atoms with Gasteiger partial charge in [-0.05, 0) is 24.6 Å². The van der Waals surface area contributed by atoms with Crippen LogP contribution in [0.4, 0.5) is 5.69 Å². The molecule has 0 aliphatic heterocycles. The zero-order valence-corrected chi connectivity index (χ0v) is 11.3. The van der Waals surface area contributed by atoms with Gasteiger partial charge in [-0.25, -0.2) is 0 Å². The third-order valence-corrected chi connectivity index (χ3v) is 2.93. The second-order valence-electron chi connectivity index (χ2n) is 3.83. The molecule has 0 aliphatic carbocycles. The highest BCUT2D eigenvalue weighted by Crippen LogP contribution is 2.16. The first-order valence-corrected chi connectivity index (χ1v) is 6.14. The van der Waals surface area contributed by atoms with Gasteiger partial charge in [0.2, 0.25) is 5.88 Å². The number of hydrogen-bond acceptors (Lipinski definition) is 4. The molecule has 0 amide bonds. The van der Waals surface area contributed by atoms with Crippen molar-refractivity contribution in [2.75, 3.05) is 5.32 Å². The highest BCUT2D eigenvalue weighted by Gasteiger charge is 2.08. The fraction of sp³-hybridized carbons (Fsp3) is 0.167. The zero-order chi connectivity index (χ0) is 13.1. The Hall–Kier alpha value is -1.82. The van der Waals surface area contributed by atoms with Crippen LogP contribution in [0.1, 0.15) is 11.4 Å². The number of aromatic nitrogens is 2. The van der Waals surface area contributed by atoms with Crippen LogP contribution < -0.4 is 10.9 Å². The Balaban J connectivity index is 2.16. The average molecular weight is 310 g/mol. The van der Waals surface area contributed by atoms with Crippen molar-refractivity contribution < 1.29 is 5.11 Å². The molecular weight excluding hydrogens is 298 g/mol. The molecule has 3 N–H and O–H groups in total. The largest absolute Gasteiger partial charge is 0.492 e. The number of nitrogens with zero attached hydrogens (tertiary/aromatic N) is 1. The number of halogens is 1. The van der Waals surface area contributed by atoms with Crippen LogP contribution in [0.15, 0.2) is 33.5 Å². The molecule has 6 heteroatoms. The SMILES string of the molecule is Cc1nc(O)c(NCc2ccc(Br)cc2)c(=O)[nH]1. The van der Waals surface area contributed by atoms with E-state index in [0.717, 1.165) is 10.0 Å². The third kappa shape index (κ3) is 2.89. The van der Waals surface area contributed by atoms with E-state index in [-0.39, 0.29) is 17.1 Å². The number of rotatable bonds is 3. The van der Waals surface area contributed by atoms with E-state index in [0.29, 0.717) is 12.4 Å². The van der Waals surface area contributed by atoms with Gasteiger partial charge in [0.05, 0.1) is 0 Å². The predicted octanol–water partition coefficient (Wildman–Crippen LogP) is 2.16. The van der Waals surface area contributed by atoms with Gasteiger partial charge in [0, 0.05) is 11.0 Å². The van der Waals surface area contributed by atoms with Crippen LogP contribution in [-0.2, 0) is 6.54 Å². The molecule has 0 aliphatic rings. The minimum absolute atomic E-state index is 0.0866. The van der Waals surface area contributed by atoms with E-state index in [1.54, 1.807) is 6.92 Å². The van der Waals surface area contributed by atoms with Crippen molar-refractivity contribution in [3.63, 3.8) is 0 Å². The van der Waals surface area contributed by atoms with Crippen LogP contribution in [0.5, 0.6) is 5.88 Å². The molecule has 1 heterocycles. The predicted molar refractivity (Wildman–Crippen MR) is 72.7 cm³/mol. The Morgan fingerprint density at radius 1 is 1.39 bits per heavy atom. The van der Waals surface area contributed by atoms with Crippen molar-refractivity contribution in [1.82, 2.24) is 9.97 Å². The molecule has 1 aromatic carbocycles. The zero-order valence-electron chi connectivity index (χ0n) is 9.70. The lowest BCUT2D eigenvalue weighted by molar-refractivity contribution is 0.451. The molecule has 0 atom stereocenters. The summed E-state index contributed by atoms with van der Waals surface area (Å²) in [5.74, 6) is 0.0973. The second-order valence-corrected chi connectivity index (χ2v) is 4.75. The van der Waals surface area contributed by atoms with Crippen LogP contribution >= 0.6 is 15.9 Å². The maximum Gasteiger partial charge on any atom is 0.278 e. The van der Waals surface area contributed by atoms with Crippen molar-refractivity contribution in [1.29, 1.82) is 0 Å². The van der Waals surface area contributed by atoms with Gasteiger partial charge in [-0.3, -0.25) is 4.79 Å². The van der Waals surface area contributed by atoms with Crippen molar-refractivity contribution in [3.8, 4) is 5.88 Å². The third-order valence-electron chi connectivity index (χ3n) is 2.40. The summed E-state index contributed by atoms with van der Waals surface area (Å²) in [5.41, 5.74) is 0.707. The summed E-state index contributed by atoms with van der Waals surface area (Å²) in [6.45, 7) is 2.05. The summed E-state index contributed by atoms with van der Waals surface area (Å²) in [4.78, 5) is 17.9. The lowest BCUT2D eigenvalue weighted by atomic mass is 10.2. The molecule has 1 aromatic heterocycles. The molecule has 18 heavy (non-hydrogen) atoms. The van der Waals surface area contributed by atoms with Gasteiger partial charge in [0.15, 0.2) is 5.69 Å². The molecule has 94 valence electrons. The molecule has 0 spiro atoms. The molecule has 0 bridgehead atoms. The first-order valence-electron chi connectivity index (χ1n) is 5.34. The number of aryl methyl sites for hydroxylation is 1. The molecule has 0 unspecified atom stereocenters. The van der Waals surface area contributed by atoms with Crippen molar-refractivity contribution in [2.24, 2.45) is 0 Å². The number of nitrogens with one attached hydrogen (secondary N) is 2. The van der Waals surface area contributed by atoms with E-state index in [9.17, 15) is 9.90 Å². The number of hydrogen-bond donors (Lipinski definition) is 3. The Morgan fingerprint density at radius 3 is 2.67 bits per heavy atom. The lowest BCUT2D eigenvalue weighted by Crippen LogP contribution is -2.16. The first kappa shape index (κ1) is 12.6. The quantitative estimate of drug-likeness (QED) is 0.812. The summed E-state index contributed by atoms with van der Waals surface area (Å²) >= 11 is 3.35. The number of aromatic hydroxyl groups is 1. The smallest absolute Gasteiger partial charge is 0.278 e. The van der Waals surface area contributed by atoms with Gasteiger partial charge >= 0.3 is 0 Å². The first-order chi connectivity index (χ1) is 8.56. The van der Waals surface area contributed by atoms with E-state index in [4.69, 9.17) is 0 Å². The maximum absolute atomic E-state index is 11.6. The molecule has 0 saturated carbocycles. The monoisotopic (exact) mass is 309 g/mol. The number of anilines is 1. The minimum atomic E-state index is -0.378. The Morgan fingerprint density at radius 2 is 2.06 bits per heavy atom. The minimum Gasteiger partial charge on any atom is -0.492 e. The van der Waals surface area contributed by atoms with Gasteiger partial charge in [-0.2, -0.15) is 4.98 Å². The lowest BCUT2D eigenvalue weighted by Gasteiger charge is -2.07. The highest BCUT2D eigenvalue weighted by molar-refractivity contribution is 9.10. The Labute approximate surface area is 112 Å². The van der Waals surface area contributed by atoms with Crippen molar-refractivity contribution in [2.45, 2.75) is 13.5 Å². The molecule has 2 rings (SSSR count). The van der Waals surface area contributed by atoms with Gasteiger partial charge in [0.25, 0.3) is 5.56 Å². The van der Waals surface area contributed by atoms with Crippen molar-refractivity contribution >= 4 is 21.6 Å². The van der Waals surface area contributed by atoms with E-state index in [1.165, 1.54) is 0 Å². The summed E-state index contributed by atoms with van der Waals surface area (Å²) in [7, 11) is 0. The molecule has 0 saturated heterocycles. The topological polar surface area (TPSA) is 78.0 Å². The fourth-order valence-corrected chi connectivity index (χ4v) is 1.79. The van der Waals surface area contributed by atoms with Gasteiger partial charge in [-0.1, -0.05) is 28.1 Å². The summed E-state index contributed by atoms with van der Waals surface area (Å²) in [6.07, 6.45) is 0. The normalized spacial score (nSPS) is 10.3. The number of aromatic amines is 1. The summed E-state index contributed by atoms with van der Waals surface area (Å²) < 4.78 is 0.990. The van der Waals surface area contributed by atoms with Gasteiger partial charge in [0.1, 0.15) is 5.82 Å². The molecular formula is C12H12BrN3O2.